The standard InChI is InChI=1S/C11H14FN5O/c1-17-15-10(14-16-17)7-18-11-8(5-6-13)3-2-4-9(11)12/h2-4H,5-7,13H2,1H3. The lowest BCUT2D eigenvalue weighted by Gasteiger charge is -2.10. The van der Waals surface area contributed by atoms with Crippen molar-refractivity contribution in [3.8, 4) is 5.75 Å². The van der Waals surface area contributed by atoms with Crippen molar-refractivity contribution < 1.29 is 9.13 Å². The number of halogens is 1. The molecule has 2 aromatic rings. The maximum atomic E-state index is 13.7. The number of nitrogens with zero attached hydrogens (tertiary/aromatic N) is 4. The number of benzene rings is 1. The van der Waals surface area contributed by atoms with Gasteiger partial charge in [0.05, 0.1) is 7.05 Å². The van der Waals surface area contributed by atoms with Crippen molar-refractivity contribution in [2.24, 2.45) is 12.8 Å². The van der Waals surface area contributed by atoms with E-state index in [0.717, 1.165) is 5.56 Å². The summed E-state index contributed by atoms with van der Waals surface area (Å²) < 4.78 is 19.1. The number of tetrazole rings is 1. The highest BCUT2D eigenvalue weighted by molar-refractivity contribution is 5.35. The van der Waals surface area contributed by atoms with E-state index in [1.807, 2.05) is 0 Å². The molecule has 0 aliphatic carbocycles. The lowest BCUT2D eigenvalue weighted by atomic mass is 10.1. The van der Waals surface area contributed by atoms with Gasteiger partial charge in [0.15, 0.2) is 18.2 Å². The summed E-state index contributed by atoms with van der Waals surface area (Å²) in [6, 6.07) is 4.77. The van der Waals surface area contributed by atoms with Gasteiger partial charge in [-0.25, -0.2) is 4.39 Å². The minimum atomic E-state index is -0.412. The molecule has 18 heavy (non-hydrogen) atoms. The molecular weight excluding hydrogens is 237 g/mol. The topological polar surface area (TPSA) is 78.8 Å². The largest absolute Gasteiger partial charge is 0.482 e. The fourth-order valence-corrected chi connectivity index (χ4v) is 1.59. The van der Waals surface area contributed by atoms with Gasteiger partial charge in [-0.05, 0) is 29.8 Å². The molecule has 1 heterocycles. The third-order valence-corrected chi connectivity index (χ3v) is 2.36. The molecule has 1 aromatic heterocycles. The minimum Gasteiger partial charge on any atom is -0.482 e. The van der Waals surface area contributed by atoms with E-state index in [-0.39, 0.29) is 12.4 Å². The van der Waals surface area contributed by atoms with Crippen LogP contribution in [0.2, 0.25) is 0 Å². The number of aromatic nitrogens is 4. The molecule has 0 unspecified atom stereocenters. The SMILES string of the molecule is Cn1nnc(COc2c(F)cccc2CCN)n1. The van der Waals surface area contributed by atoms with Crippen LogP contribution in [0.25, 0.3) is 0 Å². The normalized spacial score (nSPS) is 10.6. The summed E-state index contributed by atoms with van der Waals surface area (Å²) in [5.74, 6) is 0.194. The molecule has 0 saturated carbocycles. The monoisotopic (exact) mass is 251 g/mol. The number of hydrogen-bond acceptors (Lipinski definition) is 5. The van der Waals surface area contributed by atoms with Crippen molar-refractivity contribution in [3.63, 3.8) is 0 Å². The second-order valence-electron chi connectivity index (χ2n) is 3.75. The molecule has 0 aliphatic heterocycles. The molecule has 7 heteroatoms. The quantitative estimate of drug-likeness (QED) is 0.833. The van der Waals surface area contributed by atoms with Gasteiger partial charge < -0.3 is 10.5 Å². The number of ether oxygens (including phenoxy) is 1. The summed E-state index contributed by atoms with van der Waals surface area (Å²) in [5, 5.41) is 11.4. The maximum absolute atomic E-state index is 13.7. The van der Waals surface area contributed by atoms with Crippen LogP contribution in [0.3, 0.4) is 0 Å². The molecule has 96 valence electrons. The van der Waals surface area contributed by atoms with Gasteiger partial charge >= 0.3 is 0 Å². The van der Waals surface area contributed by atoms with E-state index in [1.165, 1.54) is 10.9 Å². The van der Waals surface area contributed by atoms with E-state index in [4.69, 9.17) is 10.5 Å². The lowest BCUT2D eigenvalue weighted by Crippen LogP contribution is -2.07. The molecule has 2 N–H and O–H groups in total. The first kappa shape index (κ1) is 12.4. The average molecular weight is 251 g/mol. The van der Waals surface area contributed by atoms with Crippen LogP contribution in [0.1, 0.15) is 11.4 Å². The molecular formula is C11H14FN5O. The van der Waals surface area contributed by atoms with Crippen LogP contribution in [0, 0.1) is 5.82 Å². The van der Waals surface area contributed by atoms with Gasteiger partial charge in [0.2, 0.25) is 5.82 Å². The van der Waals surface area contributed by atoms with Gasteiger partial charge in [0.25, 0.3) is 0 Å². The van der Waals surface area contributed by atoms with E-state index < -0.39 is 5.82 Å². The van der Waals surface area contributed by atoms with E-state index in [2.05, 4.69) is 15.4 Å². The average Bonchev–Trinajstić information content (AvgIpc) is 2.75. The van der Waals surface area contributed by atoms with E-state index >= 15 is 0 Å². The third-order valence-electron chi connectivity index (χ3n) is 2.36. The van der Waals surface area contributed by atoms with Gasteiger partial charge in [-0.3, -0.25) is 0 Å². The van der Waals surface area contributed by atoms with Crippen LogP contribution >= 0.6 is 0 Å². The van der Waals surface area contributed by atoms with Crippen molar-refractivity contribution in [2.75, 3.05) is 6.54 Å². The Hall–Kier alpha value is -2.02. The maximum Gasteiger partial charge on any atom is 0.212 e. The van der Waals surface area contributed by atoms with Crippen molar-refractivity contribution in [3.05, 3.63) is 35.4 Å². The fourth-order valence-electron chi connectivity index (χ4n) is 1.59. The van der Waals surface area contributed by atoms with E-state index in [0.29, 0.717) is 18.8 Å². The van der Waals surface area contributed by atoms with Gasteiger partial charge in [0, 0.05) is 0 Å². The summed E-state index contributed by atoms with van der Waals surface area (Å²) in [6.07, 6.45) is 0.557. The fraction of sp³-hybridized carbons (Fsp3) is 0.364. The first-order valence-electron chi connectivity index (χ1n) is 5.54. The first-order chi connectivity index (χ1) is 8.70. The summed E-state index contributed by atoms with van der Waals surface area (Å²) >= 11 is 0. The number of hydrogen-bond donors (Lipinski definition) is 1. The van der Waals surface area contributed by atoms with Crippen LogP contribution in [-0.2, 0) is 20.1 Å². The first-order valence-corrected chi connectivity index (χ1v) is 5.54. The second kappa shape index (κ2) is 5.54. The zero-order valence-electron chi connectivity index (χ0n) is 10.0. The van der Waals surface area contributed by atoms with Crippen LogP contribution < -0.4 is 10.5 Å². The highest BCUT2D eigenvalue weighted by atomic mass is 19.1. The molecule has 0 bridgehead atoms. The van der Waals surface area contributed by atoms with Crippen LogP contribution in [0.15, 0.2) is 18.2 Å². The Kier molecular flexibility index (Phi) is 3.83. The summed E-state index contributed by atoms with van der Waals surface area (Å²) in [5.41, 5.74) is 6.21. The summed E-state index contributed by atoms with van der Waals surface area (Å²) in [6.45, 7) is 0.509. The molecule has 0 radical (unpaired) electrons. The van der Waals surface area contributed by atoms with E-state index in [1.54, 1.807) is 19.2 Å². The van der Waals surface area contributed by atoms with Crippen molar-refractivity contribution in [1.82, 2.24) is 20.2 Å². The van der Waals surface area contributed by atoms with E-state index in [9.17, 15) is 4.39 Å². The molecule has 0 atom stereocenters. The van der Waals surface area contributed by atoms with Gasteiger partial charge in [-0.1, -0.05) is 12.1 Å². The smallest absolute Gasteiger partial charge is 0.212 e. The van der Waals surface area contributed by atoms with Crippen molar-refractivity contribution >= 4 is 0 Å². The number of nitrogens with two attached hydrogens (primary N) is 1. The number of rotatable bonds is 5. The molecule has 2 rings (SSSR count). The zero-order chi connectivity index (χ0) is 13.0. The lowest BCUT2D eigenvalue weighted by molar-refractivity contribution is 0.277. The molecule has 1 aromatic carbocycles. The molecule has 0 fully saturated rings. The Labute approximate surface area is 104 Å². The van der Waals surface area contributed by atoms with Gasteiger partial charge in [0.1, 0.15) is 0 Å². The van der Waals surface area contributed by atoms with Gasteiger partial charge in [-0.15, -0.1) is 10.2 Å². The van der Waals surface area contributed by atoms with Crippen LogP contribution in [-0.4, -0.2) is 26.8 Å². The zero-order valence-corrected chi connectivity index (χ0v) is 10.0. The second-order valence-corrected chi connectivity index (χ2v) is 3.75. The molecule has 0 aliphatic rings. The summed E-state index contributed by atoms with van der Waals surface area (Å²) in [4.78, 5) is 1.32. The highest BCUT2D eigenvalue weighted by Gasteiger charge is 2.11. The molecule has 0 saturated heterocycles. The predicted molar refractivity (Wildman–Crippen MR) is 62.3 cm³/mol. The van der Waals surface area contributed by atoms with Crippen molar-refractivity contribution in [2.45, 2.75) is 13.0 Å². The minimum absolute atomic E-state index is 0.0757. The van der Waals surface area contributed by atoms with Gasteiger partial charge in [-0.2, -0.15) is 4.80 Å². The predicted octanol–water partition coefficient (Wildman–Crippen LogP) is 0.429. The Balaban J connectivity index is 2.12. The molecule has 0 spiro atoms. The third kappa shape index (κ3) is 2.80. The Bertz CT molecular complexity index is 528. The molecule has 6 nitrogen and oxygen atoms in total. The Morgan fingerprint density at radius 1 is 1.44 bits per heavy atom. The number of aryl methyl sites for hydroxylation is 1. The Morgan fingerprint density at radius 3 is 2.94 bits per heavy atom. The summed E-state index contributed by atoms with van der Waals surface area (Å²) in [7, 11) is 1.65. The Morgan fingerprint density at radius 2 is 2.28 bits per heavy atom. The number of para-hydroxylation sites is 1. The van der Waals surface area contributed by atoms with Crippen molar-refractivity contribution in [1.29, 1.82) is 0 Å². The van der Waals surface area contributed by atoms with Crippen LogP contribution in [0.5, 0.6) is 5.75 Å². The molecule has 0 amide bonds. The van der Waals surface area contributed by atoms with Crippen LogP contribution in [0.4, 0.5) is 4.39 Å². The highest BCUT2D eigenvalue weighted by Crippen LogP contribution is 2.23.